The van der Waals surface area contributed by atoms with Crippen molar-refractivity contribution in [2.45, 2.75) is 88.5 Å². The molecule has 0 radical (unpaired) electrons. The Labute approximate surface area is 290 Å². The predicted molar refractivity (Wildman–Crippen MR) is 159 cm³/mol. The third-order valence-electron chi connectivity index (χ3n) is 6.37. The van der Waals surface area contributed by atoms with Gasteiger partial charge in [-0.2, -0.15) is 6.42 Å². The maximum absolute atomic E-state index is 12.9. The molecule has 0 aromatic heterocycles. The van der Waals surface area contributed by atoms with E-state index in [1.165, 1.54) is 6.92 Å². The zero-order chi connectivity index (χ0) is 35.8. The Morgan fingerprint density at radius 2 is 1.46 bits per heavy atom. The molecule has 0 heterocycles. The Morgan fingerprint density at radius 3 is 2.04 bits per heavy atom. The molecule has 0 aromatic rings. The van der Waals surface area contributed by atoms with Crippen molar-refractivity contribution in [1.82, 2.24) is 26.6 Å². The number of amides is 5. The molecule has 5 atom stereocenters. The Bertz CT molecular complexity index is 1040. The van der Waals surface area contributed by atoms with Crippen molar-refractivity contribution >= 4 is 41.5 Å². The summed E-state index contributed by atoms with van der Waals surface area (Å²) in [4.78, 5) is 85.8. The number of hydrogen-bond acceptors (Lipinski definition) is 13. The summed E-state index contributed by atoms with van der Waals surface area (Å²) in [5.74, 6) is -5.50. The van der Waals surface area contributed by atoms with Gasteiger partial charge in [0, 0.05) is 6.54 Å². The van der Waals surface area contributed by atoms with E-state index >= 15 is 0 Å². The summed E-state index contributed by atoms with van der Waals surface area (Å²) >= 11 is 0. The van der Waals surface area contributed by atoms with Crippen LogP contribution in [0.25, 0.3) is 0 Å². The van der Waals surface area contributed by atoms with Gasteiger partial charge in [0.2, 0.25) is 29.5 Å². The zero-order valence-electron chi connectivity index (χ0n) is 26.8. The molecule has 21 nitrogen and oxygen atoms in total. The van der Waals surface area contributed by atoms with Crippen LogP contribution in [0.4, 0.5) is 0 Å². The molecule has 22 heteroatoms. The van der Waals surface area contributed by atoms with Crippen LogP contribution in [0.15, 0.2) is 4.99 Å². The topological polar surface area (TPSA) is 364 Å². The summed E-state index contributed by atoms with van der Waals surface area (Å²) in [5, 5.41) is 41.6. The van der Waals surface area contributed by atoms with E-state index in [0.717, 1.165) is 13.2 Å². The second-order valence-corrected chi connectivity index (χ2v) is 10.2. The first-order chi connectivity index (χ1) is 22.3. The van der Waals surface area contributed by atoms with Crippen LogP contribution in [0.1, 0.15) is 58.3 Å². The third kappa shape index (κ3) is 21.4. The van der Waals surface area contributed by atoms with E-state index in [-0.39, 0.29) is 64.1 Å². The van der Waals surface area contributed by atoms with Crippen molar-refractivity contribution in [3.63, 3.8) is 0 Å². The number of aliphatic carboxylic acids is 1. The number of unbranched alkanes of at least 4 members (excludes halogenated alkanes) is 1. The SMILES string of the molecule is CC(NC(=O)C(C[CH-]O[O-])NC(=O)C(N)CCCN=C(N)N)C(=O)NC(CCCCN)C(=O)NCC(=O)NC(CC[CH-]O[O-])C(=O)O.[Zn+2]. The van der Waals surface area contributed by atoms with Crippen LogP contribution in [-0.2, 0) is 58.0 Å². The van der Waals surface area contributed by atoms with Gasteiger partial charge in [-0.1, -0.05) is 0 Å². The van der Waals surface area contributed by atoms with E-state index in [1.54, 1.807) is 0 Å². The average Bonchev–Trinajstić information content (AvgIpc) is 3.02. The van der Waals surface area contributed by atoms with Crippen LogP contribution < -0.4 is 60.0 Å². The van der Waals surface area contributed by atoms with Crippen molar-refractivity contribution in [3.8, 4) is 0 Å². The van der Waals surface area contributed by atoms with Crippen LogP contribution in [0.5, 0.6) is 0 Å². The standard InChI is InChI=1S/C26H48N10O11.Zn/c1-15(33-24(41)18(9-13-47-45)36-22(39)16(28)6-4-11-31-26(29)30)21(38)35-17(7-2-3-10-27)23(40)32-14-20(37)34-19(25(42)43)8-5-12-46-44;/h12-13,15-19,44-45H,2-11,14,27-28H2,1H3,(H,32,40)(H,33,41)(H,34,37)(H,35,38)(H,36,39)(H,42,43)(H4,29,30,31);/q-2;+2/p-2. The Balaban J connectivity index is 0. The maximum Gasteiger partial charge on any atom is 2.00 e. The summed E-state index contributed by atoms with van der Waals surface area (Å²) in [6, 6.07) is -6.17. The van der Waals surface area contributed by atoms with E-state index < -0.39 is 72.3 Å². The van der Waals surface area contributed by atoms with Crippen LogP contribution in [0.2, 0.25) is 0 Å². The van der Waals surface area contributed by atoms with E-state index in [2.05, 4.69) is 41.4 Å². The summed E-state index contributed by atoms with van der Waals surface area (Å²) in [7, 11) is 0. The molecule has 0 aliphatic heterocycles. The van der Waals surface area contributed by atoms with Crippen LogP contribution in [0.3, 0.4) is 0 Å². The number of carbonyl (C=O) groups is 6. The minimum absolute atomic E-state index is 0. The first-order valence-electron chi connectivity index (χ1n) is 14.7. The molecule has 0 aliphatic rings. The normalized spacial score (nSPS) is 13.7. The number of nitrogens with two attached hydrogens (primary N) is 4. The number of carbonyl (C=O) groups excluding carboxylic acids is 5. The monoisotopic (exact) mass is 738 g/mol. The molecule has 48 heavy (non-hydrogen) atoms. The number of guanidine groups is 1. The zero-order valence-corrected chi connectivity index (χ0v) is 29.8. The molecule has 0 saturated heterocycles. The second-order valence-electron chi connectivity index (χ2n) is 10.2. The molecule has 5 unspecified atom stereocenters. The van der Waals surface area contributed by atoms with Crippen molar-refractivity contribution in [1.29, 1.82) is 0 Å². The number of carboxylic acids is 1. The molecule has 0 saturated carbocycles. The van der Waals surface area contributed by atoms with Gasteiger partial charge in [-0.3, -0.25) is 29.0 Å². The van der Waals surface area contributed by atoms with Gasteiger partial charge in [-0.15, -0.1) is 6.42 Å². The fraction of sp³-hybridized carbons (Fsp3) is 0.654. The Kier molecular flexibility index (Phi) is 26.6. The molecule has 14 N–H and O–H groups in total. The van der Waals surface area contributed by atoms with E-state index in [1.807, 2.05) is 0 Å². The quantitative estimate of drug-likeness (QED) is 0.00750. The number of aliphatic imine (C=N–C) groups is 1. The average molecular weight is 740 g/mol. The van der Waals surface area contributed by atoms with Gasteiger partial charge in [0.25, 0.3) is 0 Å². The van der Waals surface area contributed by atoms with Gasteiger partial charge in [0.15, 0.2) is 5.96 Å². The molecule has 0 bridgehead atoms. The first kappa shape index (κ1) is 46.6. The number of rotatable bonds is 26. The molecule has 0 aromatic carbocycles. The van der Waals surface area contributed by atoms with Crippen molar-refractivity contribution in [2.75, 3.05) is 19.6 Å². The van der Waals surface area contributed by atoms with Crippen molar-refractivity contribution < 1.29 is 73.6 Å². The largest absolute Gasteiger partial charge is 2.00 e. The van der Waals surface area contributed by atoms with Gasteiger partial charge in [0.05, 0.1) is 18.6 Å². The summed E-state index contributed by atoms with van der Waals surface area (Å²) < 4.78 is 0. The minimum atomic E-state index is -1.37. The number of nitrogens with zero attached hydrogens (tertiary/aromatic N) is 1. The van der Waals surface area contributed by atoms with Gasteiger partial charge < -0.3 is 74.9 Å². The first-order valence-corrected chi connectivity index (χ1v) is 14.7. The molecule has 0 rings (SSSR count). The minimum Gasteiger partial charge on any atom is -0.759 e. The van der Waals surface area contributed by atoms with Crippen LogP contribution >= 0.6 is 0 Å². The molecular weight excluding hydrogens is 694 g/mol. The Hall–Kier alpha value is -3.53. The molecule has 0 spiro atoms. The van der Waals surface area contributed by atoms with Gasteiger partial charge in [-0.05, 0) is 52.0 Å². The molecule has 0 aliphatic carbocycles. The van der Waals surface area contributed by atoms with Crippen LogP contribution in [-0.4, -0.2) is 96.4 Å². The predicted octanol–water partition coefficient (Wildman–Crippen LogP) is -6.27. The molecule has 0 fully saturated rings. The van der Waals surface area contributed by atoms with Gasteiger partial charge in [-0.25, -0.2) is 18.0 Å². The smallest absolute Gasteiger partial charge is 0.759 e. The van der Waals surface area contributed by atoms with Crippen LogP contribution in [0, 0.1) is 13.2 Å². The molecule has 5 amide bonds. The number of carboxylic acid groups (broad SMARTS) is 1. The fourth-order valence-electron chi connectivity index (χ4n) is 3.81. The Morgan fingerprint density at radius 1 is 0.812 bits per heavy atom. The second kappa shape index (κ2) is 27.4. The van der Waals surface area contributed by atoms with E-state index in [9.17, 15) is 44.4 Å². The maximum atomic E-state index is 12.9. The van der Waals surface area contributed by atoms with Crippen molar-refractivity contribution in [3.05, 3.63) is 13.2 Å². The fourth-order valence-corrected chi connectivity index (χ4v) is 3.81. The number of hydrogen-bond donors (Lipinski definition) is 10. The van der Waals surface area contributed by atoms with Gasteiger partial charge in [0.1, 0.15) is 18.1 Å². The van der Waals surface area contributed by atoms with E-state index in [4.69, 9.17) is 22.9 Å². The number of nitrogens with one attached hydrogen (secondary N) is 5. The van der Waals surface area contributed by atoms with Gasteiger partial charge >= 0.3 is 25.4 Å². The summed E-state index contributed by atoms with van der Waals surface area (Å²) in [6.07, 6.45) is 0.999. The van der Waals surface area contributed by atoms with Crippen molar-refractivity contribution in [2.24, 2.45) is 27.9 Å². The summed E-state index contributed by atoms with van der Waals surface area (Å²) in [5.41, 5.74) is 21.9. The molecule has 270 valence electrons. The van der Waals surface area contributed by atoms with E-state index in [0.29, 0.717) is 25.8 Å². The molecular formula is C26H46N10O11Zn-2. The summed E-state index contributed by atoms with van der Waals surface area (Å²) in [6.45, 7) is 2.76. The third-order valence-corrected chi connectivity index (χ3v) is 6.37.